The molecule has 1 aliphatic rings. The van der Waals surface area contributed by atoms with Gasteiger partial charge in [-0.2, -0.15) is 0 Å². The number of benzene rings is 2. The molecule has 13 heteroatoms. The molecule has 2 aromatic carbocycles. The van der Waals surface area contributed by atoms with Crippen molar-refractivity contribution in [1.29, 1.82) is 0 Å². The van der Waals surface area contributed by atoms with E-state index in [4.69, 9.17) is 5.73 Å². The Labute approximate surface area is 290 Å². The molecule has 13 nitrogen and oxygen atoms in total. The average Bonchev–Trinajstić information content (AvgIpc) is 3.61. The number of primary amides is 1. The predicted molar refractivity (Wildman–Crippen MR) is 190 cm³/mol. The minimum absolute atomic E-state index is 0.104. The van der Waals surface area contributed by atoms with Gasteiger partial charge < -0.3 is 37.2 Å². The molecule has 1 fully saturated rings. The Balaban J connectivity index is 0.00000289. The molecule has 3 rings (SSSR count). The molecule has 2 aromatic rings. The Bertz CT molecular complexity index is 1330. The number of likely N-dealkylation sites (N-methyl/N-ethyl adjacent to an activating group) is 1. The van der Waals surface area contributed by atoms with Gasteiger partial charge in [0.2, 0.25) is 29.5 Å². The van der Waals surface area contributed by atoms with Gasteiger partial charge >= 0.3 is 6.03 Å². The summed E-state index contributed by atoms with van der Waals surface area (Å²) in [6.45, 7) is 9.83. The molecule has 7 N–H and O–H groups in total. The second-order valence-corrected chi connectivity index (χ2v) is 11.0. The summed E-state index contributed by atoms with van der Waals surface area (Å²) in [5.41, 5.74) is 6.78. The first kappa shape index (κ1) is 42.1. The summed E-state index contributed by atoms with van der Waals surface area (Å²) in [5, 5.41) is 13.3. The number of nitrogens with zero attached hydrogens (tertiary/aromatic N) is 1. The van der Waals surface area contributed by atoms with Crippen LogP contribution in [-0.4, -0.2) is 84.8 Å². The minimum atomic E-state index is -1.11. The van der Waals surface area contributed by atoms with Crippen molar-refractivity contribution in [3.63, 3.8) is 0 Å². The lowest BCUT2D eigenvalue weighted by Gasteiger charge is -2.30. The van der Waals surface area contributed by atoms with Crippen molar-refractivity contribution in [2.45, 2.75) is 97.3 Å². The van der Waals surface area contributed by atoms with E-state index in [0.29, 0.717) is 19.4 Å². The van der Waals surface area contributed by atoms with Crippen molar-refractivity contribution in [1.82, 2.24) is 31.5 Å². The molecule has 0 spiro atoms. The van der Waals surface area contributed by atoms with Crippen molar-refractivity contribution in [3.05, 3.63) is 71.8 Å². The predicted octanol–water partition coefficient (Wildman–Crippen LogP) is 2.18. The lowest BCUT2D eigenvalue weighted by atomic mass is 10.0. The molecular weight excluding hydrogens is 626 g/mol. The topological polar surface area (TPSA) is 192 Å². The second-order valence-electron chi connectivity index (χ2n) is 11.0. The zero-order valence-electron chi connectivity index (χ0n) is 29.7. The fourth-order valence-corrected chi connectivity index (χ4v) is 5.36. The van der Waals surface area contributed by atoms with E-state index >= 15 is 0 Å². The summed E-state index contributed by atoms with van der Waals surface area (Å²) in [6.07, 6.45) is 1.89. The first-order chi connectivity index (χ1) is 23.6. The van der Waals surface area contributed by atoms with Gasteiger partial charge in [0.1, 0.15) is 24.2 Å². The maximum atomic E-state index is 13.9. The van der Waals surface area contributed by atoms with Gasteiger partial charge in [-0.05, 0) is 36.8 Å². The summed E-state index contributed by atoms with van der Waals surface area (Å²) >= 11 is 0. The van der Waals surface area contributed by atoms with Crippen LogP contribution >= 0.6 is 0 Å². The third-order valence-corrected chi connectivity index (χ3v) is 7.56. The Morgan fingerprint density at radius 1 is 0.776 bits per heavy atom. The van der Waals surface area contributed by atoms with Crippen molar-refractivity contribution in [3.8, 4) is 0 Å². The van der Waals surface area contributed by atoms with E-state index in [2.05, 4.69) is 26.6 Å². The molecule has 0 saturated carbocycles. The van der Waals surface area contributed by atoms with E-state index in [0.717, 1.165) is 11.1 Å². The summed E-state index contributed by atoms with van der Waals surface area (Å²) in [5.74, 6) is -2.29. The highest BCUT2D eigenvalue weighted by atomic mass is 16.2. The van der Waals surface area contributed by atoms with Crippen molar-refractivity contribution in [2.24, 2.45) is 5.73 Å². The van der Waals surface area contributed by atoms with Gasteiger partial charge in [0, 0.05) is 39.9 Å². The third kappa shape index (κ3) is 14.8. The largest absolute Gasteiger partial charge is 0.357 e. The fraction of sp³-hybridized carbons (Fsp3) is 0.500. The van der Waals surface area contributed by atoms with Gasteiger partial charge in [-0.15, -0.1) is 0 Å². The van der Waals surface area contributed by atoms with Crippen LogP contribution < -0.4 is 32.3 Å². The first-order valence-corrected chi connectivity index (χ1v) is 17.1. The smallest absolute Gasteiger partial charge is 0.312 e. The van der Waals surface area contributed by atoms with Crippen LogP contribution in [0.25, 0.3) is 0 Å². The maximum Gasteiger partial charge on any atom is 0.312 e. The van der Waals surface area contributed by atoms with Crippen LogP contribution in [0.15, 0.2) is 60.7 Å². The number of carbonyl (C=O) groups is 6. The standard InChI is InChI=1S/C32H43N7O6.2C2H6/c1-21(40)36-25(19-22-11-5-3-6-12-22)29(42)37-24(15-9-17-35-32(33)45)28(41)38-26(20-23-13-7-4-8-14-23)31(44)39-18-10-16-27(39)30(43)34-2;2*1-2/h3-8,11-14,24-27H,9-10,15-20H2,1-2H3,(H,34,43)(H,36,40)(H,37,42)(H,38,41)(H3,33,35,45);2*1-2H3/t24-,25?,26?,27?;;/m0../s1. The highest BCUT2D eigenvalue weighted by molar-refractivity contribution is 5.95. The molecule has 1 saturated heterocycles. The first-order valence-electron chi connectivity index (χ1n) is 17.1. The highest BCUT2D eigenvalue weighted by Gasteiger charge is 2.38. The van der Waals surface area contributed by atoms with E-state index in [1.54, 1.807) is 0 Å². The molecule has 0 aromatic heterocycles. The van der Waals surface area contributed by atoms with Gasteiger partial charge in [-0.3, -0.25) is 24.0 Å². The fourth-order valence-electron chi connectivity index (χ4n) is 5.36. The Hall–Kier alpha value is -4.94. The monoisotopic (exact) mass is 681 g/mol. The molecule has 0 radical (unpaired) electrons. The van der Waals surface area contributed by atoms with Crippen LogP contribution in [0.1, 0.15) is 71.4 Å². The minimum Gasteiger partial charge on any atom is -0.357 e. The van der Waals surface area contributed by atoms with Crippen LogP contribution in [0, 0.1) is 0 Å². The quantitative estimate of drug-likeness (QED) is 0.156. The molecule has 49 heavy (non-hydrogen) atoms. The van der Waals surface area contributed by atoms with Crippen LogP contribution in [0.2, 0.25) is 0 Å². The van der Waals surface area contributed by atoms with Crippen molar-refractivity contribution >= 4 is 35.6 Å². The van der Waals surface area contributed by atoms with Crippen LogP contribution in [0.5, 0.6) is 0 Å². The second kappa shape index (κ2) is 23.4. The van der Waals surface area contributed by atoms with E-state index in [-0.39, 0.29) is 38.1 Å². The highest BCUT2D eigenvalue weighted by Crippen LogP contribution is 2.20. The molecule has 0 aliphatic carbocycles. The Kier molecular flexibility index (Phi) is 20.1. The number of hydrogen-bond acceptors (Lipinski definition) is 6. The average molecular weight is 682 g/mol. The number of nitrogens with two attached hydrogens (primary N) is 1. The number of likely N-dealkylation sites (tertiary alicyclic amines) is 1. The maximum absolute atomic E-state index is 13.9. The molecule has 1 heterocycles. The number of hydrogen-bond donors (Lipinski definition) is 6. The normalized spacial score (nSPS) is 15.0. The molecule has 4 atom stereocenters. The van der Waals surface area contributed by atoms with Gasteiger partial charge in [0.15, 0.2) is 0 Å². The molecule has 7 amide bonds. The van der Waals surface area contributed by atoms with Crippen molar-refractivity contribution < 1.29 is 28.8 Å². The van der Waals surface area contributed by atoms with E-state index in [9.17, 15) is 28.8 Å². The number of urea groups is 1. The third-order valence-electron chi connectivity index (χ3n) is 7.56. The summed E-state index contributed by atoms with van der Waals surface area (Å²) < 4.78 is 0. The molecule has 0 bridgehead atoms. The number of carbonyl (C=O) groups excluding carboxylic acids is 6. The number of rotatable bonds is 15. The zero-order chi connectivity index (χ0) is 36.8. The van der Waals surface area contributed by atoms with E-state index in [1.165, 1.54) is 18.9 Å². The van der Waals surface area contributed by atoms with Gasteiger partial charge in [0.25, 0.3) is 0 Å². The van der Waals surface area contributed by atoms with E-state index in [1.807, 2.05) is 88.4 Å². The molecule has 1 aliphatic heterocycles. The molecule has 3 unspecified atom stereocenters. The van der Waals surface area contributed by atoms with Gasteiger partial charge in [-0.25, -0.2) is 4.79 Å². The van der Waals surface area contributed by atoms with E-state index < -0.39 is 53.8 Å². The lowest BCUT2D eigenvalue weighted by molar-refractivity contribution is -0.141. The van der Waals surface area contributed by atoms with Crippen LogP contribution in [0.3, 0.4) is 0 Å². The van der Waals surface area contributed by atoms with Gasteiger partial charge in [0.05, 0.1) is 0 Å². The molecule has 270 valence electrons. The number of amides is 7. The van der Waals surface area contributed by atoms with Gasteiger partial charge in [-0.1, -0.05) is 88.4 Å². The van der Waals surface area contributed by atoms with Crippen LogP contribution in [0.4, 0.5) is 4.79 Å². The lowest BCUT2D eigenvalue weighted by Crippen LogP contribution is -2.58. The summed E-state index contributed by atoms with van der Waals surface area (Å²) in [4.78, 5) is 78.3. The molecular formula is C36H55N7O6. The Morgan fingerprint density at radius 2 is 1.29 bits per heavy atom. The SMILES string of the molecule is CC.CC.CNC(=O)C1CCCN1C(=O)C(Cc1ccccc1)NC(=O)[C@H](CCCNC(N)=O)NC(=O)C(Cc1ccccc1)NC(C)=O. The van der Waals surface area contributed by atoms with Crippen molar-refractivity contribution in [2.75, 3.05) is 20.1 Å². The zero-order valence-corrected chi connectivity index (χ0v) is 29.7. The van der Waals surface area contributed by atoms with Crippen LogP contribution in [-0.2, 0) is 36.8 Å². The Morgan fingerprint density at radius 3 is 1.80 bits per heavy atom. The summed E-state index contributed by atoms with van der Waals surface area (Å²) in [6, 6.07) is 13.8. The summed E-state index contributed by atoms with van der Waals surface area (Å²) in [7, 11) is 1.51. The number of nitrogens with one attached hydrogen (secondary N) is 5.